The highest BCUT2D eigenvalue weighted by atomic mass is 32.1. The van der Waals surface area contributed by atoms with Gasteiger partial charge in [-0.3, -0.25) is 10.1 Å². The second-order valence-electron chi connectivity index (χ2n) is 2.85. The standard InChI is InChI=1S/C9H10N2O3S/c1-5(6(2)8(13)14)7(12)11-9-10-3-4-15-9/h3-4H,1-2H3,(H,13,14)(H,10,11,12). The maximum absolute atomic E-state index is 11.5. The molecule has 0 radical (unpaired) electrons. The van der Waals surface area contributed by atoms with E-state index in [2.05, 4.69) is 10.3 Å². The second kappa shape index (κ2) is 4.70. The van der Waals surface area contributed by atoms with Crippen molar-refractivity contribution in [1.82, 2.24) is 4.98 Å². The lowest BCUT2D eigenvalue weighted by Gasteiger charge is -2.03. The van der Waals surface area contributed by atoms with Crippen LogP contribution in [-0.2, 0) is 9.59 Å². The Labute approximate surface area is 90.5 Å². The van der Waals surface area contributed by atoms with Crippen LogP contribution in [0.15, 0.2) is 22.7 Å². The normalized spacial score (nSPS) is 11.9. The Bertz CT molecular complexity index is 409. The van der Waals surface area contributed by atoms with Crippen molar-refractivity contribution in [3.8, 4) is 0 Å². The number of hydrogen-bond donors (Lipinski definition) is 2. The summed E-state index contributed by atoms with van der Waals surface area (Å²) < 4.78 is 0. The first-order chi connectivity index (χ1) is 7.02. The van der Waals surface area contributed by atoms with Crippen molar-refractivity contribution in [2.75, 3.05) is 5.32 Å². The summed E-state index contributed by atoms with van der Waals surface area (Å²) in [5, 5.41) is 13.4. The van der Waals surface area contributed by atoms with Gasteiger partial charge in [-0.1, -0.05) is 0 Å². The molecule has 0 saturated carbocycles. The zero-order valence-corrected chi connectivity index (χ0v) is 9.09. The van der Waals surface area contributed by atoms with E-state index in [0.717, 1.165) is 0 Å². The van der Waals surface area contributed by atoms with Crippen molar-refractivity contribution in [3.63, 3.8) is 0 Å². The topological polar surface area (TPSA) is 79.3 Å². The molecule has 1 aromatic rings. The summed E-state index contributed by atoms with van der Waals surface area (Å²) in [6.45, 7) is 2.85. The summed E-state index contributed by atoms with van der Waals surface area (Å²) in [5.74, 6) is -1.54. The number of carboxylic acids is 1. The summed E-state index contributed by atoms with van der Waals surface area (Å²) in [4.78, 5) is 25.9. The molecule has 1 heterocycles. The molecule has 0 aliphatic rings. The minimum atomic E-state index is -1.10. The van der Waals surface area contributed by atoms with Crippen LogP contribution in [0, 0.1) is 0 Å². The quantitative estimate of drug-likeness (QED) is 0.765. The molecule has 0 aliphatic carbocycles. The molecule has 0 aliphatic heterocycles. The molecule has 80 valence electrons. The molecule has 2 N–H and O–H groups in total. The third kappa shape index (κ3) is 2.88. The number of nitrogens with one attached hydrogen (secondary N) is 1. The molecule has 0 atom stereocenters. The van der Waals surface area contributed by atoms with Crippen molar-refractivity contribution in [1.29, 1.82) is 0 Å². The van der Waals surface area contributed by atoms with Crippen LogP contribution >= 0.6 is 11.3 Å². The van der Waals surface area contributed by atoms with Crippen molar-refractivity contribution >= 4 is 28.3 Å². The number of rotatable bonds is 3. The minimum Gasteiger partial charge on any atom is -0.478 e. The van der Waals surface area contributed by atoms with Gasteiger partial charge in [0, 0.05) is 22.7 Å². The van der Waals surface area contributed by atoms with Crippen molar-refractivity contribution in [2.24, 2.45) is 0 Å². The van der Waals surface area contributed by atoms with Gasteiger partial charge in [-0.25, -0.2) is 9.78 Å². The van der Waals surface area contributed by atoms with E-state index >= 15 is 0 Å². The number of anilines is 1. The number of aliphatic carboxylic acids is 1. The van der Waals surface area contributed by atoms with Crippen LogP contribution in [0.3, 0.4) is 0 Å². The first kappa shape index (κ1) is 11.4. The summed E-state index contributed by atoms with van der Waals surface area (Å²) in [5.41, 5.74) is 0.210. The SMILES string of the molecule is CC(C(=O)O)=C(C)C(=O)Nc1nccs1. The van der Waals surface area contributed by atoms with Gasteiger partial charge in [-0.05, 0) is 13.8 Å². The number of amides is 1. The van der Waals surface area contributed by atoms with Crippen molar-refractivity contribution in [3.05, 3.63) is 22.7 Å². The van der Waals surface area contributed by atoms with Crippen LogP contribution in [0.4, 0.5) is 5.13 Å². The fraction of sp³-hybridized carbons (Fsp3) is 0.222. The molecule has 1 amide bonds. The Hall–Kier alpha value is -1.69. The van der Waals surface area contributed by atoms with Gasteiger partial charge < -0.3 is 5.11 Å². The van der Waals surface area contributed by atoms with E-state index in [0.29, 0.717) is 5.13 Å². The number of aromatic nitrogens is 1. The largest absolute Gasteiger partial charge is 0.478 e. The highest BCUT2D eigenvalue weighted by Gasteiger charge is 2.13. The van der Waals surface area contributed by atoms with Gasteiger partial charge in [0.25, 0.3) is 5.91 Å². The second-order valence-corrected chi connectivity index (χ2v) is 3.74. The van der Waals surface area contributed by atoms with E-state index in [4.69, 9.17) is 5.11 Å². The summed E-state index contributed by atoms with van der Waals surface area (Å²) in [7, 11) is 0. The number of carbonyl (C=O) groups excluding carboxylic acids is 1. The van der Waals surface area contributed by atoms with Gasteiger partial charge in [0.1, 0.15) is 0 Å². The minimum absolute atomic E-state index is 0.0315. The fourth-order valence-electron chi connectivity index (χ4n) is 0.807. The number of nitrogens with zero attached hydrogens (tertiary/aromatic N) is 1. The van der Waals surface area contributed by atoms with Gasteiger partial charge in [0.15, 0.2) is 5.13 Å². The highest BCUT2D eigenvalue weighted by Crippen LogP contribution is 2.13. The predicted octanol–water partition coefficient (Wildman–Crippen LogP) is 1.50. The zero-order chi connectivity index (χ0) is 11.4. The summed E-state index contributed by atoms with van der Waals surface area (Å²) in [6.07, 6.45) is 1.56. The lowest BCUT2D eigenvalue weighted by molar-refractivity contribution is -0.133. The van der Waals surface area contributed by atoms with Gasteiger partial charge >= 0.3 is 5.97 Å². The van der Waals surface area contributed by atoms with E-state index < -0.39 is 11.9 Å². The molecular formula is C9H10N2O3S. The molecular weight excluding hydrogens is 216 g/mol. The van der Waals surface area contributed by atoms with Crippen molar-refractivity contribution in [2.45, 2.75) is 13.8 Å². The molecule has 0 bridgehead atoms. The monoisotopic (exact) mass is 226 g/mol. The molecule has 1 aromatic heterocycles. The van der Waals surface area contributed by atoms with Gasteiger partial charge in [0.2, 0.25) is 0 Å². The van der Waals surface area contributed by atoms with Gasteiger partial charge in [-0.2, -0.15) is 0 Å². The van der Waals surface area contributed by atoms with Crippen LogP contribution in [0.1, 0.15) is 13.8 Å². The van der Waals surface area contributed by atoms with E-state index in [1.54, 1.807) is 11.6 Å². The average Bonchev–Trinajstić information content (AvgIpc) is 2.67. The molecule has 0 aromatic carbocycles. The molecule has 0 fully saturated rings. The number of thiazole rings is 1. The number of hydrogen-bond acceptors (Lipinski definition) is 4. The lowest BCUT2D eigenvalue weighted by atomic mass is 10.1. The van der Waals surface area contributed by atoms with Crippen molar-refractivity contribution < 1.29 is 14.7 Å². The molecule has 0 spiro atoms. The van der Waals surface area contributed by atoms with Crippen LogP contribution in [-0.4, -0.2) is 22.0 Å². The van der Waals surface area contributed by atoms with Gasteiger partial charge in [0.05, 0.1) is 0 Å². The maximum Gasteiger partial charge on any atom is 0.331 e. The zero-order valence-electron chi connectivity index (χ0n) is 8.27. The Morgan fingerprint density at radius 3 is 2.53 bits per heavy atom. The smallest absolute Gasteiger partial charge is 0.331 e. The maximum atomic E-state index is 11.5. The molecule has 0 unspecified atom stereocenters. The van der Waals surface area contributed by atoms with Crippen LogP contribution in [0.2, 0.25) is 0 Å². The van der Waals surface area contributed by atoms with Crippen LogP contribution in [0.5, 0.6) is 0 Å². The average molecular weight is 226 g/mol. The Balaban J connectivity index is 2.78. The Morgan fingerprint density at radius 2 is 2.07 bits per heavy atom. The predicted molar refractivity (Wildman–Crippen MR) is 56.8 cm³/mol. The first-order valence-electron chi connectivity index (χ1n) is 4.14. The van der Waals surface area contributed by atoms with Crippen LogP contribution in [0.25, 0.3) is 0 Å². The summed E-state index contributed by atoms with van der Waals surface area (Å²) >= 11 is 1.28. The van der Waals surface area contributed by atoms with E-state index in [1.165, 1.54) is 25.2 Å². The molecule has 1 rings (SSSR count). The Morgan fingerprint density at radius 1 is 1.40 bits per heavy atom. The number of carboxylic acid groups (broad SMARTS) is 1. The first-order valence-corrected chi connectivity index (χ1v) is 5.02. The molecule has 5 nitrogen and oxygen atoms in total. The molecule has 0 saturated heterocycles. The third-order valence-electron chi connectivity index (χ3n) is 1.88. The highest BCUT2D eigenvalue weighted by molar-refractivity contribution is 7.13. The van der Waals surface area contributed by atoms with E-state index in [9.17, 15) is 9.59 Å². The number of carbonyl (C=O) groups is 2. The van der Waals surface area contributed by atoms with E-state index in [-0.39, 0.29) is 11.1 Å². The molecule has 6 heteroatoms. The lowest BCUT2D eigenvalue weighted by Crippen LogP contribution is -2.15. The summed E-state index contributed by atoms with van der Waals surface area (Å²) in [6, 6.07) is 0. The Kier molecular flexibility index (Phi) is 3.56. The van der Waals surface area contributed by atoms with E-state index in [1.807, 2.05) is 0 Å². The fourth-order valence-corrected chi connectivity index (χ4v) is 1.33. The molecule has 15 heavy (non-hydrogen) atoms. The third-order valence-corrected chi connectivity index (χ3v) is 2.57. The van der Waals surface area contributed by atoms with Gasteiger partial charge in [-0.15, -0.1) is 11.3 Å². The van der Waals surface area contributed by atoms with Crippen LogP contribution < -0.4 is 5.32 Å².